The second-order valence-corrected chi connectivity index (χ2v) is 6.89. The Labute approximate surface area is 176 Å². The van der Waals surface area contributed by atoms with Crippen molar-refractivity contribution in [1.82, 2.24) is 5.32 Å². The summed E-state index contributed by atoms with van der Waals surface area (Å²) >= 11 is 12.4. The van der Waals surface area contributed by atoms with Gasteiger partial charge in [0.05, 0.1) is 0 Å². The van der Waals surface area contributed by atoms with Crippen molar-refractivity contribution in [3.63, 3.8) is 0 Å². The maximum absolute atomic E-state index is 6.20. The van der Waals surface area contributed by atoms with E-state index in [-0.39, 0.29) is 12.4 Å². The number of benzene rings is 3. The molecule has 0 bridgehead atoms. The predicted molar refractivity (Wildman–Crippen MR) is 116 cm³/mol. The summed E-state index contributed by atoms with van der Waals surface area (Å²) in [5, 5.41) is 4.88. The van der Waals surface area contributed by atoms with Crippen LogP contribution in [-0.4, -0.2) is 6.54 Å². The van der Waals surface area contributed by atoms with Crippen molar-refractivity contribution in [3.8, 4) is 5.75 Å². The van der Waals surface area contributed by atoms with Crippen LogP contribution in [0.15, 0.2) is 72.8 Å². The van der Waals surface area contributed by atoms with E-state index < -0.39 is 0 Å². The topological polar surface area (TPSA) is 21.3 Å². The summed E-state index contributed by atoms with van der Waals surface area (Å²) in [5.74, 6) is 0.821. The van der Waals surface area contributed by atoms with E-state index in [0.29, 0.717) is 23.2 Å². The third-order valence-electron chi connectivity index (χ3n) is 4.11. The van der Waals surface area contributed by atoms with Gasteiger partial charge in [0.2, 0.25) is 0 Å². The summed E-state index contributed by atoms with van der Waals surface area (Å²) in [7, 11) is 0. The third-order valence-corrected chi connectivity index (χ3v) is 4.72. The maximum atomic E-state index is 6.20. The van der Waals surface area contributed by atoms with Crippen molar-refractivity contribution in [2.24, 2.45) is 0 Å². The lowest BCUT2D eigenvalue weighted by Gasteiger charge is -2.13. The summed E-state index contributed by atoms with van der Waals surface area (Å²) in [6, 6.07) is 23.8. The molecular formula is C22H22Cl3NO. The first kappa shape index (κ1) is 21.6. The largest absolute Gasteiger partial charge is 0.489 e. The highest BCUT2D eigenvalue weighted by Crippen LogP contribution is 2.25. The number of nitrogens with one attached hydrogen (secondary N) is 1. The van der Waals surface area contributed by atoms with E-state index >= 15 is 0 Å². The van der Waals surface area contributed by atoms with Crippen LogP contribution in [-0.2, 0) is 19.6 Å². The Morgan fingerprint density at radius 1 is 0.815 bits per heavy atom. The van der Waals surface area contributed by atoms with Crippen LogP contribution in [0.3, 0.4) is 0 Å². The lowest BCUT2D eigenvalue weighted by atomic mass is 10.1. The van der Waals surface area contributed by atoms with E-state index in [1.807, 2.05) is 48.5 Å². The molecule has 0 aliphatic heterocycles. The highest BCUT2D eigenvalue weighted by molar-refractivity contribution is 6.31. The quantitative estimate of drug-likeness (QED) is 0.428. The minimum absolute atomic E-state index is 0. The standard InChI is InChI=1S/C22H21Cl2NO.ClH/c23-20-10-11-22(26-16-18-8-4-5-9-21(18)24)19(14-20)15-25-13-12-17-6-2-1-3-7-17;/h1-11,14,25H,12-13,15-16H2;1H. The van der Waals surface area contributed by atoms with Gasteiger partial charge in [-0.15, -0.1) is 12.4 Å². The molecule has 3 rings (SSSR count). The summed E-state index contributed by atoms with van der Waals surface area (Å²) < 4.78 is 5.99. The number of rotatable bonds is 8. The van der Waals surface area contributed by atoms with E-state index in [1.54, 1.807) is 0 Å². The Balaban J connectivity index is 0.00000261. The number of ether oxygens (including phenoxy) is 1. The monoisotopic (exact) mass is 421 g/mol. The number of halogens is 3. The maximum Gasteiger partial charge on any atom is 0.124 e. The van der Waals surface area contributed by atoms with E-state index in [2.05, 4.69) is 29.6 Å². The highest BCUT2D eigenvalue weighted by Gasteiger charge is 2.07. The molecule has 0 unspecified atom stereocenters. The van der Waals surface area contributed by atoms with Crippen molar-refractivity contribution >= 4 is 35.6 Å². The predicted octanol–water partition coefficient (Wildman–Crippen LogP) is 6.33. The molecule has 0 saturated heterocycles. The van der Waals surface area contributed by atoms with Gasteiger partial charge in [0.15, 0.2) is 0 Å². The molecule has 0 saturated carbocycles. The Morgan fingerprint density at radius 3 is 2.33 bits per heavy atom. The Bertz CT molecular complexity index is 840. The summed E-state index contributed by atoms with van der Waals surface area (Å²) in [6.45, 7) is 2.02. The first-order valence-corrected chi connectivity index (χ1v) is 9.37. The fourth-order valence-electron chi connectivity index (χ4n) is 2.70. The van der Waals surface area contributed by atoms with Crippen molar-refractivity contribution in [2.45, 2.75) is 19.6 Å². The van der Waals surface area contributed by atoms with Crippen LogP contribution in [0.1, 0.15) is 16.7 Å². The normalized spacial score (nSPS) is 10.3. The van der Waals surface area contributed by atoms with Gasteiger partial charge in [-0.25, -0.2) is 0 Å². The molecule has 0 heterocycles. The van der Waals surface area contributed by atoms with Gasteiger partial charge >= 0.3 is 0 Å². The fourth-order valence-corrected chi connectivity index (χ4v) is 3.08. The summed E-state index contributed by atoms with van der Waals surface area (Å²) in [5.41, 5.74) is 3.33. The SMILES string of the molecule is Cl.Clc1ccc(OCc2ccccc2Cl)c(CNCCc2ccccc2)c1. The van der Waals surface area contributed by atoms with Crippen molar-refractivity contribution in [2.75, 3.05) is 6.54 Å². The highest BCUT2D eigenvalue weighted by atomic mass is 35.5. The minimum Gasteiger partial charge on any atom is -0.489 e. The molecule has 0 aliphatic rings. The molecule has 0 aromatic heterocycles. The van der Waals surface area contributed by atoms with Crippen LogP contribution in [0.5, 0.6) is 5.75 Å². The zero-order chi connectivity index (χ0) is 18.2. The molecular weight excluding hydrogens is 401 g/mol. The lowest BCUT2D eigenvalue weighted by molar-refractivity contribution is 0.302. The van der Waals surface area contributed by atoms with Crippen molar-refractivity contribution in [1.29, 1.82) is 0 Å². The van der Waals surface area contributed by atoms with Gasteiger partial charge < -0.3 is 10.1 Å². The van der Waals surface area contributed by atoms with E-state index in [9.17, 15) is 0 Å². The van der Waals surface area contributed by atoms with E-state index in [0.717, 1.165) is 29.8 Å². The van der Waals surface area contributed by atoms with Crippen LogP contribution >= 0.6 is 35.6 Å². The first-order valence-electron chi connectivity index (χ1n) is 8.61. The zero-order valence-corrected chi connectivity index (χ0v) is 17.2. The van der Waals surface area contributed by atoms with Gasteiger partial charge in [-0.05, 0) is 42.8 Å². The molecule has 0 atom stereocenters. The molecule has 0 spiro atoms. The number of hydrogen-bond donors (Lipinski definition) is 1. The van der Waals surface area contributed by atoms with Gasteiger partial charge in [0, 0.05) is 27.7 Å². The van der Waals surface area contributed by atoms with E-state index in [1.165, 1.54) is 5.56 Å². The van der Waals surface area contributed by atoms with Gasteiger partial charge in [0.1, 0.15) is 12.4 Å². The van der Waals surface area contributed by atoms with Crippen molar-refractivity contribution in [3.05, 3.63) is 99.5 Å². The zero-order valence-electron chi connectivity index (χ0n) is 14.8. The van der Waals surface area contributed by atoms with Crippen LogP contribution in [0.25, 0.3) is 0 Å². The van der Waals surface area contributed by atoms with Gasteiger partial charge in [-0.2, -0.15) is 0 Å². The molecule has 0 fully saturated rings. The van der Waals surface area contributed by atoms with Crippen LogP contribution in [0.2, 0.25) is 10.0 Å². The Hall–Kier alpha value is -1.71. The minimum atomic E-state index is 0. The third kappa shape index (κ3) is 6.75. The average Bonchev–Trinajstić information content (AvgIpc) is 2.66. The fraction of sp³-hybridized carbons (Fsp3) is 0.182. The number of hydrogen-bond acceptors (Lipinski definition) is 2. The summed E-state index contributed by atoms with van der Waals surface area (Å²) in [4.78, 5) is 0. The molecule has 3 aromatic carbocycles. The second kappa shape index (κ2) is 11.2. The van der Waals surface area contributed by atoms with Crippen LogP contribution in [0, 0.1) is 0 Å². The average molecular weight is 423 g/mol. The van der Waals surface area contributed by atoms with E-state index in [4.69, 9.17) is 27.9 Å². The van der Waals surface area contributed by atoms with Gasteiger partial charge in [0.25, 0.3) is 0 Å². The molecule has 0 amide bonds. The summed E-state index contributed by atoms with van der Waals surface area (Å²) in [6.07, 6.45) is 0.983. The molecule has 0 aliphatic carbocycles. The van der Waals surface area contributed by atoms with Crippen LogP contribution in [0.4, 0.5) is 0 Å². The Kier molecular flexibility index (Phi) is 8.96. The molecule has 27 heavy (non-hydrogen) atoms. The van der Waals surface area contributed by atoms with Gasteiger partial charge in [-0.1, -0.05) is 71.7 Å². The lowest BCUT2D eigenvalue weighted by Crippen LogP contribution is -2.17. The molecule has 2 nitrogen and oxygen atoms in total. The molecule has 5 heteroatoms. The molecule has 142 valence electrons. The molecule has 3 aromatic rings. The smallest absolute Gasteiger partial charge is 0.124 e. The molecule has 0 radical (unpaired) electrons. The Morgan fingerprint density at radius 2 is 1.56 bits per heavy atom. The van der Waals surface area contributed by atoms with Gasteiger partial charge in [-0.3, -0.25) is 0 Å². The van der Waals surface area contributed by atoms with Crippen LogP contribution < -0.4 is 10.1 Å². The first-order chi connectivity index (χ1) is 12.7. The van der Waals surface area contributed by atoms with Crippen molar-refractivity contribution < 1.29 is 4.74 Å². The second-order valence-electron chi connectivity index (χ2n) is 6.04. The molecule has 1 N–H and O–H groups in total.